The Hall–Kier alpha value is -1.73. The molecule has 2 heterocycles. The Morgan fingerprint density at radius 1 is 1.28 bits per heavy atom. The number of nitrogens with zero attached hydrogens (tertiary/aromatic N) is 3. The molecule has 6 nitrogen and oxygen atoms in total. The molecule has 0 spiro atoms. The summed E-state index contributed by atoms with van der Waals surface area (Å²) >= 11 is 0. The largest absolute Gasteiger partial charge is 0.260 e. The zero-order chi connectivity index (χ0) is 17.9. The third-order valence-corrected chi connectivity index (χ3v) is 6.10. The first-order valence-corrected chi connectivity index (χ1v) is 10.6. The molecule has 0 unspecified atom stereocenters. The van der Waals surface area contributed by atoms with E-state index in [1.165, 1.54) is 12.8 Å². The van der Waals surface area contributed by atoms with Gasteiger partial charge in [0.2, 0.25) is 10.0 Å². The maximum absolute atomic E-state index is 12.1. The Balaban J connectivity index is 1.83. The van der Waals surface area contributed by atoms with Crippen molar-refractivity contribution in [1.82, 2.24) is 19.5 Å². The lowest BCUT2D eigenvalue weighted by molar-refractivity contribution is 0.466. The first-order chi connectivity index (χ1) is 11.9. The lowest BCUT2D eigenvalue weighted by Gasteiger charge is -2.13. The summed E-state index contributed by atoms with van der Waals surface area (Å²) in [5.74, 6) is 0.223. The van der Waals surface area contributed by atoms with Crippen molar-refractivity contribution in [1.29, 1.82) is 0 Å². The van der Waals surface area contributed by atoms with Crippen molar-refractivity contribution in [2.24, 2.45) is 5.92 Å². The summed E-state index contributed by atoms with van der Waals surface area (Å²) in [6.07, 6.45) is 6.41. The molecule has 1 saturated carbocycles. The number of pyridine rings is 1. The van der Waals surface area contributed by atoms with Gasteiger partial charge in [0.25, 0.3) is 0 Å². The second kappa shape index (κ2) is 7.66. The molecule has 136 valence electrons. The van der Waals surface area contributed by atoms with E-state index in [1.54, 1.807) is 6.20 Å². The zero-order valence-electron chi connectivity index (χ0n) is 14.9. The van der Waals surface area contributed by atoms with Crippen LogP contribution in [0.5, 0.6) is 0 Å². The quantitative estimate of drug-likeness (QED) is 0.821. The van der Waals surface area contributed by atoms with E-state index in [9.17, 15) is 8.42 Å². The highest BCUT2D eigenvalue weighted by molar-refractivity contribution is 7.89. The van der Waals surface area contributed by atoms with Crippen molar-refractivity contribution in [2.45, 2.75) is 52.1 Å². The summed E-state index contributed by atoms with van der Waals surface area (Å²) < 4.78 is 28.9. The highest BCUT2D eigenvalue weighted by atomic mass is 32.2. The third-order valence-electron chi connectivity index (χ3n) is 4.41. The van der Waals surface area contributed by atoms with Crippen LogP contribution < -0.4 is 4.72 Å². The molecule has 1 aliphatic rings. The molecular formula is C18H26N4O2S. The minimum absolute atomic E-state index is 0.0950. The maximum atomic E-state index is 12.1. The first-order valence-electron chi connectivity index (χ1n) is 8.92. The Morgan fingerprint density at radius 2 is 2.04 bits per heavy atom. The smallest absolute Gasteiger partial charge is 0.212 e. The van der Waals surface area contributed by atoms with E-state index in [2.05, 4.69) is 9.71 Å². The summed E-state index contributed by atoms with van der Waals surface area (Å²) in [4.78, 5) is 4.44. The van der Waals surface area contributed by atoms with Gasteiger partial charge in [-0.15, -0.1) is 0 Å². The molecule has 0 atom stereocenters. The predicted molar refractivity (Wildman–Crippen MR) is 98.4 cm³/mol. The van der Waals surface area contributed by atoms with E-state index in [1.807, 2.05) is 42.8 Å². The van der Waals surface area contributed by atoms with Crippen LogP contribution in [0.25, 0.3) is 11.4 Å². The molecule has 2 aromatic heterocycles. The van der Waals surface area contributed by atoms with Crippen molar-refractivity contribution in [3.63, 3.8) is 0 Å². The molecule has 0 radical (unpaired) electrons. The predicted octanol–water partition coefficient (Wildman–Crippen LogP) is 3.14. The molecule has 2 aromatic rings. The van der Waals surface area contributed by atoms with E-state index in [0.29, 0.717) is 6.04 Å². The molecule has 1 aliphatic carbocycles. The van der Waals surface area contributed by atoms with Gasteiger partial charge in [0.05, 0.1) is 35.4 Å². The number of hydrogen-bond acceptors (Lipinski definition) is 4. The monoisotopic (exact) mass is 362 g/mol. The Labute approximate surface area is 149 Å². The van der Waals surface area contributed by atoms with Gasteiger partial charge in [-0.25, -0.2) is 13.1 Å². The average molecular weight is 362 g/mol. The normalized spacial score (nSPS) is 16.0. The van der Waals surface area contributed by atoms with E-state index >= 15 is 0 Å². The van der Waals surface area contributed by atoms with E-state index < -0.39 is 10.0 Å². The molecule has 0 bridgehead atoms. The minimum atomic E-state index is -3.28. The van der Waals surface area contributed by atoms with Gasteiger partial charge >= 0.3 is 0 Å². The summed E-state index contributed by atoms with van der Waals surface area (Å²) in [5, 5.41) is 4.70. The second-order valence-electron chi connectivity index (χ2n) is 7.12. The van der Waals surface area contributed by atoms with Gasteiger partial charge < -0.3 is 0 Å². The van der Waals surface area contributed by atoms with Crippen molar-refractivity contribution in [3.05, 3.63) is 36.2 Å². The molecule has 1 N–H and O–H groups in total. The second-order valence-corrected chi connectivity index (χ2v) is 8.97. The third kappa shape index (κ3) is 4.67. The summed E-state index contributed by atoms with van der Waals surface area (Å²) in [6, 6.07) is 8.14. The lowest BCUT2D eigenvalue weighted by Crippen LogP contribution is -2.28. The fourth-order valence-electron chi connectivity index (χ4n) is 3.35. The van der Waals surface area contributed by atoms with Crippen molar-refractivity contribution >= 4 is 10.0 Å². The molecule has 0 saturated heterocycles. The highest BCUT2D eigenvalue weighted by Gasteiger charge is 2.23. The molecule has 0 amide bonds. The van der Waals surface area contributed by atoms with Crippen LogP contribution in [0.4, 0.5) is 0 Å². The maximum Gasteiger partial charge on any atom is 0.212 e. The molecule has 7 heteroatoms. The topological polar surface area (TPSA) is 76.9 Å². The van der Waals surface area contributed by atoms with E-state index in [0.717, 1.165) is 29.9 Å². The molecule has 3 rings (SSSR count). The van der Waals surface area contributed by atoms with Gasteiger partial charge in [-0.1, -0.05) is 32.8 Å². The van der Waals surface area contributed by atoms with Crippen LogP contribution in [0.1, 0.15) is 51.3 Å². The SMILES string of the molecule is CC(C)CS(=O)(=O)NCc1cc(-c2ccccn2)n(C2CCCC2)n1. The first kappa shape index (κ1) is 18.1. The minimum Gasteiger partial charge on any atom is -0.260 e. The van der Waals surface area contributed by atoms with Crippen molar-refractivity contribution in [3.8, 4) is 11.4 Å². The van der Waals surface area contributed by atoms with Crippen LogP contribution in [0, 0.1) is 5.92 Å². The Morgan fingerprint density at radius 3 is 2.68 bits per heavy atom. The highest BCUT2D eigenvalue weighted by Crippen LogP contribution is 2.33. The van der Waals surface area contributed by atoms with E-state index in [-0.39, 0.29) is 18.2 Å². The van der Waals surface area contributed by atoms with Gasteiger partial charge in [0, 0.05) is 6.20 Å². The van der Waals surface area contributed by atoms with Crippen LogP contribution in [-0.4, -0.2) is 28.9 Å². The number of nitrogens with one attached hydrogen (secondary N) is 1. The molecule has 25 heavy (non-hydrogen) atoms. The van der Waals surface area contributed by atoms with Gasteiger partial charge in [0.1, 0.15) is 0 Å². The Bertz CT molecular complexity index is 794. The lowest BCUT2D eigenvalue weighted by atomic mass is 10.2. The van der Waals surface area contributed by atoms with Crippen LogP contribution in [0.2, 0.25) is 0 Å². The number of aromatic nitrogens is 3. The standard InChI is InChI=1S/C18H26N4O2S/c1-14(2)13-25(23,24)20-12-15-11-18(17-9-5-6-10-19-17)22(21-15)16-7-3-4-8-16/h5-6,9-11,14,16,20H,3-4,7-8,12-13H2,1-2H3. The van der Waals surface area contributed by atoms with Gasteiger partial charge in [-0.2, -0.15) is 5.10 Å². The number of sulfonamides is 1. The van der Waals surface area contributed by atoms with Crippen LogP contribution in [0.15, 0.2) is 30.5 Å². The summed E-state index contributed by atoms with van der Waals surface area (Å²) in [7, 11) is -3.28. The van der Waals surface area contributed by atoms with E-state index in [4.69, 9.17) is 5.10 Å². The zero-order valence-corrected chi connectivity index (χ0v) is 15.7. The molecular weight excluding hydrogens is 336 g/mol. The van der Waals surface area contributed by atoms with Crippen molar-refractivity contribution in [2.75, 3.05) is 5.75 Å². The fraction of sp³-hybridized carbons (Fsp3) is 0.556. The van der Waals surface area contributed by atoms with Crippen molar-refractivity contribution < 1.29 is 8.42 Å². The fourth-order valence-corrected chi connectivity index (χ4v) is 4.71. The molecule has 0 aromatic carbocycles. The molecule has 0 aliphatic heterocycles. The van der Waals surface area contributed by atoms with Crippen LogP contribution in [-0.2, 0) is 16.6 Å². The van der Waals surface area contributed by atoms with Crippen LogP contribution >= 0.6 is 0 Å². The van der Waals surface area contributed by atoms with Gasteiger partial charge in [0.15, 0.2) is 0 Å². The number of hydrogen-bond donors (Lipinski definition) is 1. The molecule has 1 fully saturated rings. The average Bonchev–Trinajstić information content (AvgIpc) is 3.22. The van der Waals surface area contributed by atoms with Gasteiger partial charge in [-0.05, 0) is 37.0 Å². The summed E-state index contributed by atoms with van der Waals surface area (Å²) in [6.45, 7) is 4.01. The van der Waals surface area contributed by atoms with Crippen LogP contribution in [0.3, 0.4) is 0 Å². The summed E-state index contributed by atoms with van der Waals surface area (Å²) in [5.41, 5.74) is 2.57. The number of rotatable bonds is 7. The Kier molecular flexibility index (Phi) is 5.54. The van der Waals surface area contributed by atoms with Gasteiger partial charge in [-0.3, -0.25) is 9.67 Å².